The summed E-state index contributed by atoms with van der Waals surface area (Å²) in [5.74, 6) is -82.8. The number of carbonyl (C=O) groups excluding carboxylic acids is 1. The molecule has 0 aromatic carbocycles. The van der Waals surface area contributed by atoms with Crippen LogP contribution in [0.3, 0.4) is 0 Å². The second-order valence-electron chi connectivity index (χ2n) is 9.21. The van der Waals surface area contributed by atoms with Crippen LogP contribution < -0.4 is 0 Å². The van der Waals surface area contributed by atoms with Crippen LogP contribution in [-0.4, -0.2) is 84.2 Å². The molecule has 0 saturated carbocycles. The monoisotopic (exact) mass is 778 g/mol. The van der Waals surface area contributed by atoms with E-state index in [0.29, 0.717) is 0 Å². The molecule has 0 aliphatic heterocycles. The SMILES string of the molecule is CCC(=C(C)C(=O)OCCC(F)(F)C(F)(F)C(F)(F)C(F)(F)C(F)(F)C(F)(F)F)C(F)(F)C(F)(F)C(F)(F)C(F)(F)C(F)(F)C(F)(F)F. The molecule has 0 rings (SSSR count). The summed E-state index contributed by atoms with van der Waals surface area (Å²) < 4.78 is 347. The molecular weight excluding hydrogens is 766 g/mol. The van der Waals surface area contributed by atoms with Gasteiger partial charge in [0.2, 0.25) is 0 Å². The lowest BCUT2D eigenvalue weighted by Gasteiger charge is -2.40. The predicted molar refractivity (Wildman–Crippen MR) is 100 cm³/mol. The lowest BCUT2D eigenvalue weighted by Crippen LogP contribution is -2.70. The zero-order chi connectivity index (χ0) is 39.6. The summed E-state index contributed by atoms with van der Waals surface area (Å²) in [6, 6.07) is 0. The van der Waals surface area contributed by atoms with Gasteiger partial charge in [0.05, 0.1) is 13.0 Å². The van der Waals surface area contributed by atoms with Crippen molar-refractivity contribution in [3.05, 3.63) is 11.1 Å². The van der Waals surface area contributed by atoms with Gasteiger partial charge in [-0.05, 0) is 13.3 Å². The van der Waals surface area contributed by atoms with Crippen LogP contribution in [0.15, 0.2) is 11.1 Å². The predicted octanol–water partition coefficient (Wildman–Crippen LogP) is 10.1. The molecule has 286 valence electrons. The average Bonchev–Trinajstić information content (AvgIpc) is 2.86. The minimum absolute atomic E-state index is 0.115. The smallest absolute Gasteiger partial charge is 0.460 e. The van der Waals surface area contributed by atoms with E-state index in [1.165, 1.54) is 0 Å². The average molecular weight is 778 g/mol. The number of esters is 1. The third kappa shape index (κ3) is 6.40. The summed E-state index contributed by atoms with van der Waals surface area (Å²) in [4.78, 5) is 11.8. The van der Waals surface area contributed by atoms with Crippen molar-refractivity contribution in [2.75, 3.05) is 6.61 Å². The van der Waals surface area contributed by atoms with Gasteiger partial charge < -0.3 is 4.74 Å². The zero-order valence-corrected chi connectivity index (χ0v) is 22.3. The zero-order valence-electron chi connectivity index (χ0n) is 22.3. The van der Waals surface area contributed by atoms with E-state index in [-0.39, 0.29) is 13.8 Å². The first-order chi connectivity index (χ1) is 20.5. The van der Waals surface area contributed by atoms with Gasteiger partial charge in [0.25, 0.3) is 0 Å². The molecule has 0 heterocycles. The number of carbonyl (C=O) groups is 1. The molecule has 0 aliphatic carbocycles. The fourth-order valence-electron chi connectivity index (χ4n) is 3.14. The van der Waals surface area contributed by atoms with Crippen LogP contribution in [0, 0.1) is 0 Å². The summed E-state index contributed by atoms with van der Waals surface area (Å²) in [5, 5.41) is 0. The van der Waals surface area contributed by atoms with Crippen molar-refractivity contribution < 1.29 is 124 Å². The third-order valence-electron chi connectivity index (χ3n) is 6.07. The Kier molecular flexibility index (Phi) is 11.6. The minimum Gasteiger partial charge on any atom is -0.462 e. The summed E-state index contributed by atoms with van der Waals surface area (Å²) in [6.45, 7) is -2.92. The maximum atomic E-state index is 14.4. The summed E-state index contributed by atoms with van der Waals surface area (Å²) >= 11 is 0. The summed E-state index contributed by atoms with van der Waals surface area (Å²) in [7, 11) is 0. The number of hydrogen-bond acceptors (Lipinski definition) is 2. The minimum atomic E-state index is -8.40. The van der Waals surface area contributed by atoms with E-state index in [9.17, 15) is 119 Å². The van der Waals surface area contributed by atoms with Crippen LogP contribution >= 0.6 is 0 Å². The first-order valence-electron chi connectivity index (χ1n) is 11.3. The molecular formula is C20H12F26O2. The van der Waals surface area contributed by atoms with Crippen molar-refractivity contribution in [2.45, 2.75) is 98.3 Å². The highest BCUT2D eigenvalue weighted by Gasteiger charge is 2.92. The standard InChI is InChI=1S/C20H12F26O2/c1-3-7(10(23,24)12(27,28)14(31,32)16(35,36)18(39,40)20(44,45)46)6(2)8(47)48-5-4-9(21,22)11(25,26)13(29,30)15(33,34)17(37,38)19(41,42)43/h3-5H2,1-2H3. The van der Waals surface area contributed by atoms with Crippen LogP contribution in [0.5, 0.6) is 0 Å². The number of hydrogen-bond donors (Lipinski definition) is 0. The lowest BCUT2D eigenvalue weighted by atomic mass is 9.87. The highest BCUT2D eigenvalue weighted by Crippen LogP contribution is 2.63. The highest BCUT2D eigenvalue weighted by molar-refractivity contribution is 5.89. The Morgan fingerprint density at radius 1 is 0.458 bits per heavy atom. The first kappa shape index (κ1) is 45.4. The molecule has 0 radical (unpaired) electrons. The fourth-order valence-corrected chi connectivity index (χ4v) is 3.14. The van der Waals surface area contributed by atoms with Crippen LogP contribution in [-0.2, 0) is 9.53 Å². The summed E-state index contributed by atoms with van der Waals surface area (Å²) in [6.07, 6.45) is -20.9. The van der Waals surface area contributed by atoms with Gasteiger partial charge in [-0.25, -0.2) is 4.79 Å². The topological polar surface area (TPSA) is 26.3 Å². The molecule has 0 aromatic rings. The Bertz CT molecular complexity index is 1200. The largest absolute Gasteiger partial charge is 0.462 e. The Morgan fingerprint density at radius 2 is 0.750 bits per heavy atom. The molecule has 0 fully saturated rings. The number of alkyl halides is 26. The van der Waals surface area contributed by atoms with Gasteiger partial charge in [-0.3, -0.25) is 0 Å². The van der Waals surface area contributed by atoms with Gasteiger partial charge in [0.15, 0.2) is 0 Å². The Morgan fingerprint density at radius 3 is 1.04 bits per heavy atom. The Labute approximate surface area is 247 Å². The third-order valence-corrected chi connectivity index (χ3v) is 6.07. The normalized spacial score (nSPS) is 16.6. The number of allylic oxidation sites excluding steroid dienone is 1. The van der Waals surface area contributed by atoms with Crippen molar-refractivity contribution in [1.29, 1.82) is 0 Å². The van der Waals surface area contributed by atoms with Crippen LogP contribution in [0.25, 0.3) is 0 Å². The quantitative estimate of drug-likeness (QED) is 0.0998. The van der Waals surface area contributed by atoms with Crippen LogP contribution in [0.4, 0.5) is 114 Å². The van der Waals surface area contributed by atoms with Gasteiger partial charge in [0.1, 0.15) is 0 Å². The van der Waals surface area contributed by atoms with E-state index in [2.05, 4.69) is 4.74 Å². The molecule has 0 spiro atoms. The van der Waals surface area contributed by atoms with Gasteiger partial charge in [0, 0.05) is 11.1 Å². The van der Waals surface area contributed by atoms with Crippen LogP contribution in [0.2, 0.25) is 0 Å². The molecule has 0 atom stereocenters. The first-order valence-corrected chi connectivity index (χ1v) is 11.3. The van der Waals surface area contributed by atoms with Gasteiger partial charge in [-0.15, -0.1) is 0 Å². The van der Waals surface area contributed by atoms with E-state index in [4.69, 9.17) is 0 Å². The fraction of sp³-hybridized carbons (Fsp3) is 0.850. The van der Waals surface area contributed by atoms with E-state index in [1.807, 2.05) is 0 Å². The van der Waals surface area contributed by atoms with Gasteiger partial charge >= 0.3 is 77.5 Å². The summed E-state index contributed by atoms with van der Waals surface area (Å²) in [5.41, 5.74) is -5.32. The van der Waals surface area contributed by atoms with E-state index in [0.717, 1.165) is 0 Å². The van der Waals surface area contributed by atoms with E-state index < -0.39 is 108 Å². The van der Waals surface area contributed by atoms with Crippen molar-refractivity contribution in [3.63, 3.8) is 0 Å². The van der Waals surface area contributed by atoms with Crippen molar-refractivity contribution in [3.8, 4) is 0 Å². The van der Waals surface area contributed by atoms with Crippen molar-refractivity contribution in [1.82, 2.24) is 0 Å². The molecule has 28 heteroatoms. The molecule has 0 saturated heterocycles. The Balaban J connectivity index is 6.54. The molecule has 0 aliphatic rings. The van der Waals surface area contributed by atoms with Crippen molar-refractivity contribution in [2.24, 2.45) is 0 Å². The molecule has 0 bridgehead atoms. The van der Waals surface area contributed by atoms with Crippen LogP contribution in [0.1, 0.15) is 26.7 Å². The van der Waals surface area contributed by atoms with E-state index >= 15 is 0 Å². The maximum Gasteiger partial charge on any atom is 0.460 e. The molecule has 2 nitrogen and oxygen atoms in total. The van der Waals surface area contributed by atoms with Gasteiger partial charge in [-0.2, -0.15) is 114 Å². The van der Waals surface area contributed by atoms with Gasteiger partial charge in [-0.1, -0.05) is 6.92 Å². The molecule has 0 unspecified atom stereocenters. The molecule has 0 amide bonds. The lowest BCUT2D eigenvalue weighted by molar-refractivity contribution is -0.440. The Hall–Kier alpha value is -2.61. The van der Waals surface area contributed by atoms with Crippen molar-refractivity contribution >= 4 is 5.97 Å². The number of ether oxygens (including phenoxy) is 1. The second-order valence-corrected chi connectivity index (χ2v) is 9.21. The molecule has 48 heavy (non-hydrogen) atoms. The second kappa shape index (κ2) is 12.3. The molecule has 0 aromatic heterocycles. The van der Waals surface area contributed by atoms with E-state index in [1.54, 1.807) is 0 Å². The highest BCUT2D eigenvalue weighted by atomic mass is 19.4. The number of halogens is 26. The number of rotatable bonds is 14. The molecule has 0 N–H and O–H groups in total. The maximum absolute atomic E-state index is 14.4.